The molecule has 2 N–H and O–H groups in total. The van der Waals surface area contributed by atoms with E-state index in [4.69, 9.17) is 5.11 Å². The van der Waals surface area contributed by atoms with E-state index in [1.165, 1.54) is 29.5 Å². The zero-order chi connectivity index (χ0) is 15.6. The number of benzene rings is 1. The van der Waals surface area contributed by atoms with Crippen molar-refractivity contribution in [2.45, 2.75) is 24.7 Å². The van der Waals surface area contributed by atoms with Crippen LogP contribution in [0.5, 0.6) is 0 Å². The number of carboxylic acids is 1. The van der Waals surface area contributed by atoms with Gasteiger partial charge in [-0.1, -0.05) is 19.9 Å². The third-order valence-electron chi connectivity index (χ3n) is 2.73. The topological polar surface area (TPSA) is 96.4 Å². The van der Waals surface area contributed by atoms with E-state index in [9.17, 15) is 13.2 Å². The van der Waals surface area contributed by atoms with E-state index in [0.717, 1.165) is 11.8 Å². The van der Waals surface area contributed by atoms with Crippen molar-refractivity contribution in [2.24, 2.45) is 0 Å². The van der Waals surface area contributed by atoms with Crippen molar-refractivity contribution < 1.29 is 18.3 Å². The van der Waals surface area contributed by atoms with Crippen LogP contribution in [0.3, 0.4) is 0 Å². The Labute approximate surface area is 126 Å². The number of nitrogens with one attached hydrogen (secondary N) is 1. The summed E-state index contributed by atoms with van der Waals surface area (Å²) in [7, 11) is -3.85. The lowest BCUT2D eigenvalue weighted by Crippen LogP contribution is -2.13. The van der Waals surface area contributed by atoms with Crippen LogP contribution in [0.1, 0.15) is 35.8 Å². The largest absolute Gasteiger partial charge is 0.478 e. The second-order valence-electron chi connectivity index (χ2n) is 4.67. The quantitative estimate of drug-likeness (QED) is 0.880. The van der Waals surface area contributed by atoms with Crippen molar-refractivity contribution in [1.29, 1.82) is 0 Å². The van der Waals surface area contributed by atoms with E-state index in [0.29, 0.717) is 0 Å². The average molecular weight is 326 g/mol. The molecule has 21 heavy (non-hydrogen) atoms. The third-order valence-corrected chi connectivity index (χ3v) is 4.97. The number of aromatic carboxylic acids is 1. The molecule has 0 spiro atoms. The first-order valence-electron chi connectivity index (χ1n) is 6.11. The molecule has 6 nitrogen and oxygen atoms in total. The number of thiazole rings is 1. The van der Waals surface area contributed by atoms with Gasteiger partial charge in [0.05, 0.1) is 16.2 Å². The van der Waals surface area contributed by atoms with Crippen LogP contribution in [0.2, 0.25) is 0 Å². The van der Waals surface area contributed by atoms with Gasteiger partial charge in [-0.2, -0.15) is 0 Å². The highest BCUT2D eigenvalue weighted by Crippen LogP contribution is 2.24. The second-order valence-corrected chi connectivity index (χ2v) is 7.21. The summed E-state index contributed by atoms with van der Waals surface area (Å²) in [5.74, 6) is -0.974. The highest BCUT2D eigenvalue weighted by atomic mass is 32.2. The molecule has 112 valence electrons. The molecule has 0 aliphatic carbocycles. The van der Waals surface area contributed by atoms with Crippen molar-refractivity contribution >= 4 is 32.5 Å². The summed E-state index contributed by atoms with van der Waals surface area (Å²) in [5.41, 5.74) is 0.719. The van der Waals surface area contributed by atoms with Crippen LogP contribution in [0.15, 0.2) is 34.5 Å². The molecular weight excluding hydrogens is 312 g/mol. The number of hydrogen-bond donors (Lipinski definition) is 2. The molecule has 0 atom stereocenters. The summed E-state index contributed by atoms with van der Waals surface area (Å²) in [6.07, 6.45) is 0. The van der Waals surface area contributed by atoms with Gasteiger partial charge in [-0.15, -0.1) is 11.3 Å². The van der Waals surface area contributed by atoms with Gasteiger partial charge in [0.2, 0.25) is 0 Å². The van der Waals surface area contributed by atoms with Crippen LogP contribution in [-0.4, -0.2) is 24.5 Å². The summed E-state index contributed by atoms with van der Waals surface area (Å²) >= 11 is 1.19. The van der Waals surface area contributed by atoms with E-state index in [1.54, 1.807) is 5.38 Å². The lowest BCUT2D eigenvalue weighted by Gasteiger charge is -2.06. The molecule has 0 unspecified atom stereocenters. The zero-order valence-corrected chi connectivity index (χ0v) is 13.0. The molecule has 0 amide bonds. The Morgan fingerprint density at radius 3 is 2.67 bits per heavy atom. The molecule has 8 heteroatoms. The third kappa shape index (κ3) is 3.59. The standard InChI is InChI=1S/C13H14N2O4S2/c1-8(2)11-7-20-13(14-11)15-21(18,19)10-5-3-4-9(6-10)12(16)17/h3-8H,1-2H3,(H,14,15)(H,16,17). The van der Waals surface area contributed by atoms with Crippen LogP contribution in [-0.2, 0) is 10.0 Å². The first kappa shape index (κ1) is 15.5. The van der Waals surface area contributed by atoms with E-state index in [1.807, 2.05) is 13.8 Å². The molecule has 0 aliphatic heterocycles. The highest BCUT2D eigenvalue weighted by Gasteiger charge is 2.18. The van der Waals surface area contributed by atoms with E-state index in [-0.39, 0.29) is 21.5 Å². The zero-order valence-electron chi connectivity index (χ0n) is 11.4. The Balaban J connectivity index is 2.29. The minimum Gasteiger partial charge on any atom is -0.478 e. The van der Waals surface area contributed by atoms with E-state index < -0.39 is 16.0 Å². The molecule has 0 aliphatic rings. The lowest BCUT2D eigenvalue weighted by atomic mass is 10.2. The Morgan fingerprint density at radius 1 is 1.38 bits per heavy atom. The fraction of sp³-hybridized carbons (Fsp3) is 0.231. The maximum atomic E-state index is 12.2. The molecule has 0 radical (unpaired) electrons. The second kappa shape index (κ2) is 5.82. The monoisotopic (exact) mass is 326 g/mol. The fourth-order valence-corrected chi connectivity index (χ4v) is 3.74. The van der Waals surface area contributed by atoms with Crippen molar-refractivity contribution in [3.8, 4) is 0 Å². The molecule has 2 aromatic rings. The van der Waals surface area contributed by atoms with E-state index >= 15 is 0 Å². The van der Waals surface area contributed by atoms with Crippen LogP contribution in [0.4, 0.5) is 5.13 Å². The lowest BCUT2D eigenvalue weighted by molar-refractivity contribution is 0.0696. The highest BCUT2D eigenvalue weighted by molar-refractivity contribution is 7.93. The summed E-state index contributed by atoms with van der Waals surface area (Å²) in [6.45, 7) is 3.92. The molecule has 0 saturated carbocycles. The van der Waals surface area contributed by atoms with Gasteiger partial charge < -0.3 is 5.11 Å². The summed E-state index contributed by atoms with van der Waals surface area (Å²) < 4.78 is 26.8. The number of rotatable bonds is 5. The number of aromatic nitrogens is 1. The molecule has 0 bridgehead atoms. The van der Waals surface area contributed by atoms with Gasteiger partial charge in [0.25, 0.3) is 10.0 Å². The first-order chi connectivity index (χ1) is 9.79. The van der Waals surface area contributed by atoms with E-state index in [2.05, 4.69) is 9.71 Å². The van der Waals surface area contributed by atoms with Gasteiger partial charge in [0.15, 0.2) is 5.13 Å². The first-order valence-corrected chi connectivity index (χ1v) is 8.47. The van der Waals surface area contributed by atoms with Crippen LogP contribution in [0.25, 0.3) is 0 Å². The molecule has 1 aromatic heterocycles. The normalized spacial score (nSPS) is 11.6. The Hall–Kier alpha value is -1.93. The maximum Gasteiger partial charge on any atom is 0.335 e. The number of hydrogen-bond acceptors (Lipinski definition) is 5. The van der Waals surface area contributed by atoms with Crippen molar-refractivity contribution in [3.05, 3.63) is 40.9 Å². The summed E-state index contributed by atoms with van der Waals surface area (Å²) in [6, 6.07) is 5.17. The summed E-state index contributed by atoms with van der Waals surface area (Å²) in [5, 5.41) is 11.0. The van der Waals surface area contributed by atoms with Crippen LogP contribution in [0, 0.1) is 0 Å². The Bertz CT molecular complexity index is 766. The van der Waals surface area contributed by atoms with Crippen LogP contribution < -0.4 is 4.72 Å². The Kier molecular flexibility index (Phi) is 4.29. The van der Waals surface area contributed by atoms with Crippen LogP contribution >= 0.6 is 11.3 Å². The number of nitrogens with zero attached hydrogens (tertiary/aromatic N) is 1. The number of anilines is 1. The smallest absolute Gasteiger partial charge is 0.335 e. The predicted molar refractivity (Wildman–Crippen MR) is 80.4 cm³/mol. The summed E-state index contributed by atoms with van der Waals surface area (Å²) in [4.78, 5) is 15.0. The SMILES string of the molecule is CC(C)c1csc(NS(=O)(=O)c2cccc(C(=O)O)c2)n1. The maximum absolute atomic E-state index is 12.2. The molecule has 2 rings (SSSR count). The van der Waals surface area contributed by atoms with Crippen molar-refractivity contribution in [2.75, 3.05) is 4.72 Å². The minimum absolute atomic E-state index is 0.0834. The molecule has 0 fully saturated rings. The minimum atomic E-state index is -3.85. The number of carboxylic acid groups (broad SMARTS) is 1. The van der Waals surface area contributed by atoms with Gasteiger partial charge in [0.1, 0.15) is 0 Å². The molecule has 0 saturated heterocycles. The predicted octanol–water partition coefficient (Wildman–Crippen LogP) is 2.77. The Morgan fingerprint density at radius 2 is 2.10 bits per heavy atom. The molecule has 1 aromatic carbocycles. The van der Waals surface area contributed by atoms with Crippen molar-refractivity contribution in [1.82, 2.24) is 4.98 Å². The average Bonchev–Trinajstić information content (AvgIpc) is 2.87. The number of carbonyl (C=O) groups is 1. The van der Waals surface area contributed by atoms with Crippen molar-refractivity contribution in [3.63, 3.8) is 0 Å². The molecular formula is C13H14N2O4S2. The van der Waals surface area contributed by atoms with Gasteiger partial charge >= 0.3 is 5.97 Å². The van der Waals surface area contributed by atoms with Gasteiger partial charge in [0, 0.05) is 5.38 Å². The van der Waals surface area contributed by atoms with Gasteiger partial charge in [-0.05, 0) is 24.1 Å². The fourth-order valence-electron chi connectivity index (χ4n) is 1.57. The molecule has 1 heterocycles. The van der Waals surface area contributed by atoms with Gasteiger partial charge in [-0.25, -0.2) is 18.2 Å². The number of sulfonamides is 1. The van der Waals surface area contributed by atoms with Gasteiger partial charge in [-0.3, -0.25) is 4.72 Å².